The smallest absolute Gasteiger partial charge is 0.261 e. The number of hydrogen-bond acceptors (Lipinski definition) is 5. The average Bonchev–Trinajstić information content (AvgIpc) is 3.28. The number of carbonyl (C=O) groups excluding carboxylic acids is 1. The van der Waals surface area contributed by atoms with E-state index in [2.05, 4.69) is 4.99 Å². The van der Waals surface area contributed by atoms with Crippen molar-refractivity contribution in [3.63, 3.8) is 0 Å². The number of rotatable bonds is 5. The van der Waals surface area contributed by atoms with Crippen LogP contribution < -0.4 is 5.73 Å². The summed E-state index contributed by atoms with van der Waals surface area (Å²) in [6.45, 7) is 2.40. The van der Waals surface area contributed by atoms with Gasteiger partial charge >= 0.3 is 0 Å². The summed E-state index contributed by atoms with van der Waals surface area (Å²) in [6.07, 6.45) is 2.64. The first kappa shape index (κ1) is 21.8. The molecule has 2 aromatic rings. The molecule has 2 heterocycles. The lowest BCUT2D eigenvalue weighted by Gasteiger charge is -2.28. The van der Waals surface area contributed by atoms with E-state index < -0.39 is 15.6 Å². The molecule has 31 heavy (non-hydrogen) atoms. The Morgan fingerprint density at radius 3 is 2.55 bits per heavy atom. The average molecular weight is 461 g/mol. The summed E-state index contributed by atoms with van der Waals surface area (Å²) in [5.41, 5.74) is 7.55. The number of guanidine groups is 1. The van der Waals surface area contributed by atoms with Crippen LogP contribution in [0.4, 0.5) is 0 Å². The number of amides is 1. The fraction of sp³-hybridized carbons (Fsp3) is 0.364. The number of benzene rings is 2. The highest BCUT2D eigenvalue weighted by molar-refractivity contribution is 7.88. The zero-order valence-corrected chi connectivity index (χ0v) is 19.0. The van der Waals surface area contributed by atoms with E-state index in [-0.39, 0.29) is 24.5 Å². The van der Waals surface area contributed by atoms with E-state index in [0.717, 1.165) is 17.5 Å². The molecule has 2 aromatic carbocycles. The van der Waals surface area contributed by atoms with Gasteiger partial charge in [-0.05, 0) is 54.7 Å². The Hall–Kier alpha value is -2.42. The zero-order valence-electron chi connectivity index (χ0n) is 17.5. The molecular weight excluding hydrogens is 436 g/mol. The second-order valence-corrected chi connectivity index (χ2v) is 10.6. The number of nitrogens with two attached hydrogens (primary N) is 1. The number of hydrogen-bond donors (Lipinski definition) is 1. The van der Waals surface area contributed by atoms with E-state index in [1.165, 1.54) is 15.5 Å². The molecule has 1 amide bonds. The van der Waals surface area contributed by atoms with Crippen LogP contribution in [-0.2, 0) is 20.4 Å². The maximum absolute atomic E-state index is 13.4. The van der Waals surface area contributed by atoms with E-state index >= 15 is 0 Å². The van der Waals surface area contributed by atoms with E-state index in [4.69, 9.17) is 17.3 Å². The standard InChI is InChI=1S/C22H25ClN4O3S/c1-22(17-8-3-6-15(12-17)16-7-4-9-18(23)13-16)20(28)26(21(24)25-22)14-19-10-5-11-27(19)31(2,29)30/h3-4,6-9,12-13,19H,5,10-11,14H2,1-2H3,(H2,24,25)/t19-,22?/m0/s1. The van der Waals surface area contributed by atoms with Gasteiger partial charge in [0.25, 0.3) is 5.91 Å². The summed E-state index contributed by atoms with van der Waals surface area (Å²) in [6, 6.07) is 14.8. The molecule has 7 nitrogen and oxygen atoms in total. The molecule has 0 bridgehead atoms. The minimum Gasteiger partial charge on any atom is -0.369 e. The number of nitrogens with zero attached hydrogens (tertiary/aromatic N) is 3. The van der Waals surface area contributed by atoms with Gasteiger partial charge < -0.3 is 5.73 Å². The molecule has 164 valence electrons. The van der Waals surface area contributed by atoms with Crippen molar-refractivity contribution in [1.82, 2.24) is 9.21 Å². The lowest BCUT2D eigenvalue weighted by atomic mass is 9.89. The fourth-order valence-corrected chi connectivity index (χ4v) is 5.74. The van der Waals surface area contributed by atoms with Gasteiger partial charge in [-0.1, -0.05) is 41.9 Å². The van der Waals surface area contributed by atoms with Gasteiger partial charge in [-0.3, -0.25) is 9.69 Å². The minimum atomic E-state index is -3.35. The highest BCUT2D eigenvalue weighted by atomic mass is 35.5. The third kappa shape index (κ3) is 4.07. The molecule has 0 aliphatic carbocycles. The molecule has 0 radical (unpaired) electrons. The molecule has 9 heteroatoms. The topological polar surface area (TPSA) is 96.1 Å². The first-order valence-electron chi connectivity index (χ1n) is 10.1. The van der Waals surface area contributed by atoms with Crippen molar-refractivity contribution in [1.29, 1.82) is 0 Å². The van der Waals surface area contributed by atoms with Crippen LogP contribution in [0.3, 0.4) is 0 Å². The monoisotopic (exact) mass is 460 g/mol. The molecule has 1 fully saturated rings. The molecule has 1 unspecified atom stereocenters. The number of halogens is 1. The first-order valence-corrected chi connectivity index (χ1v) is 12.3. The lowest BCUT2D eigenvalue weighted by Crippen LogP contribution is -2.49. The molecular formula is C22H25ClN4O3S. The Labute approximate surface area is 187 Å². The van der Waals surface area contributed by atoms with Crippen molar-refractivity contribution in [2.24, 2.45) is 10.7 Å². The molecule has 2 aliphatic rings. The molecule has 0 aromatic heterocycles. The van der Waals surface area contributed by atoms with Crippen molar-refractivity contribution in [3.8, 4) is 11.1 Å². The van der Waals surface area contributed by atoms with Gasteiger partial charge in [0.05, 0.1) is 6.26 Å². The third-order valence-corrected chi connectivity index (χ3v) is 7.57. The second-order valence-electron chi connectivity index (χ2n) is 8.22. The number of carbonyl (C=O) groups is 1. The summed E-state index contributed by atoms with van der Waals surface area (Å²) in [7, 11) is -3.35. The van der Waals surface area contributed by atoms with Gasteiger partial charge in [0.1, 0.15) is 0 Å². The van der Waals surface area contributed by atoms with E-state index in [1.807, 2.05) is 48.5 Å². The Bertz CT molecular complexity index is 1170. The molecule has 1 saturated heterocycles. The fourth-order valence-electron chi connectivity index (χ4n) is 4.38. The van der Waals surface area contributed by atoms with Gasteiger partial charge in [0, 0.05) is 24.2 Å². The predicted octanol–water partition coefficient (Wildman–Crippen LogP) is 2.80. The van der Waals surface area contributed by atoms with Crippen LogP contribution in [0.5, 0.6) is 0 Å². The van der Waals surface area contributed by atoms with Gasteiger partial charge in [-0.25, -0.2) is 13.4 Å². The Morgan fingerprint density at radius 2 is 1.87 bits per heavy atom. The molecule has 0 spiro atoms. The molecule has 4 rings (SSSR count). The number of aliphatic imine (C=N–C) groups is 1. The van der Waals surface area contributed by atoms with Gasteiger partial charge in [-0.15, -0.1) is 0 Å². The van der Waals surface area contributed by atoms with Crippen molar-refractivity contribution in [2.75, 3.05) is 19.3 Å². The molecule has 2 aliphatic heterocycles. The second kappa shape index (κ2) is 7.93. The van der Waals surface area contributed by atoms with E-state index in [1.54, 1.807) is 6.92 Å². The summed E-state index contributed by atoms with van der Waals surface area (Å²) in [5.74, 6) is -0.144. The molecule has 2 atom stereocenters. The Morgan fingerprint density at radius 1 is 1.19 bits per heavy atom. The highest BCUT2D eigenvalue weighted by Gasteiger charge is 2.47. The zero-order chi connectivity index (χ0) is 22.4. The summed E-state index contributed by atoms with van der Waals surface area (Å²) >= 11 is 6.13. The van der Waals surface area contributed by atoms with E-state index in [9.17, 15) is 13.2 Å². The van der Waals surface area contributed by atoms with Crippen molar-refractivity contribution in [3.05, 3.63) is 59.1 Å². The minimum absolute atomic E-state index is 0.112. The summed E-state index contributed by atoms with van der Waals surface area (Å²) in [5, 5.41) is 0.631. The summed E-state index contributed by atoms with van der Waals surface area (Å²) < 4.78 is 25.6. The van der Waals surface area contributed by atoms with Crippen LogP contribution in [0.15, 0.2) is 53.5 Å². The normalized spacial score (nSPS) is 24.6. The maximum atomic E-state index is 13.4. The highest BCUT2D eigenvalue weighted by Crippen LogP contribution is 2.36. The van der Waals surface area contributed by atoms with Crippen LogP contribution in [0.25, 0.3) is 11.1 Å². The SMILES string of the molecule is CC1(c2cccc(-c3cccc(Cl)c3)c2)N=C(N)N(C[C@@H]2CCCN2S(C)(=O)=O)C1=O. The summed E-state index contributed by atoms with van der Waals surface area (Å²) in [4.78, 5) is 19.4. The van der Waals surface area contributed by atoms with Gasteiger partial charge in [0.2, 0.25) is 10.0 Å². The first-order chi connectivity index (χ1) is 14.6. The van der Waals surface area contributed by atoms with Gasteiger partial charge in [0.15, 0.2) is 11.5 Å². The van der Waals surface area contributed by atoms with Crippen LogP contribution in [0.2, 0.25) is 5.02 Å². The quantitative estimate of drug-likeness (QED) is 0.742. The Balaban J connectivity index is 1.62. The van der Waals surface area contributed by atoms with Gasteiger partial charge in [-0.2, -0.15) is 4.31 Å². The van der Waals surface area contributed by atoms with Crippen molar-refractivity contribution < 1.29 is 13.2 Å². The van der Waals surface area contributed by atoms with E-state index in [0.29, 0.717) is 23.6 Å². The third-order valence-electron chi connectivity index (χ3n) is 6.00. The van der Waals surface area contributed by atoms with Crippen LogP contribution >= 0.6 is 11.6 Å². The predicted molar refractivity (Wildman–Crippen MR) is 122 cm³/mol. The molecule has 2 N–H and O–H groups in total. The van der Waals surface area contributed by atoms with Crippen molar-refractivity contribution in [2.45, 2.75) is 31.3 Å². The van der Waals surface area contributed by atoms with Crippen molar-refractivity contribution >= 4 is 33.5 Å². The lowest BCUT2D eigenvalue weighted by molar-refractivity contribution is -0.131. The maximum Gasteiger partial charge on any atom is 0.261 e. The van der Waals surface area contributed by atoms with Crippen LogP contribution in [-0.4, -0.2) is 54.9 Å². The Kier molecular flexibility index (Phi) is 5.57. The van der Waals surface area contributed by atoms with Crippen LogP contribution in [0, 0.1) is 0 Å². The largest absolute Gasteiger partial charge is 0.369 e. The van der Waals surface area contributed by atoms with Crippen LogP contribution in [0.1, 0.15) is 25.3 Å². The number of sulfonamides is 1. The molecule has 0 saturated carbocycles.